The van der Waals surface area contributed by atoms with E-state index in [1.807, 2.05) is 0 Å². The number of rotatable bonds is 5. The van der Waals surface area contributed by atoms with Crippen molar-refractivity contribution in [1.29, 1.82) is 0 Å². The molecule has 1 N–H and O–H groups in total. The van der Waals surface area contributed by atoms with Gasteiger partial charge in [-0.05, 0) is 70.6 Å². The smallest absolute Gasteiger partial charge is 0.0263 e. The van der Waals surface area contributed by atoms with Crippen molar-refractivity contribution < 1.29 is 0 Å². The van der Waals surface area contributed by atoms with Crippen molar-refractivity contribution in [2.75, 3.05) is 39.3 Å². The van der Waals surface area contributed by atoms with Crippen molar-refractivity contribution in [3.63, 3.8) is 0 Å². The van der Waals surface area contributed by atoms with Gasteiger partial charge in [-0.1, -0.05) is 13.3 Å². The molecule has 116 valence electrons. The molecule has 0 aromatic heterocycles. The molecule has 0 aliphatic carbocycles. The van der Waals surface area contributed by atoms with E-state index in [-0.39, 0.29) is 0 Å². The fraction of sp³-hybridized carbons (Fsp3) is 1.00. The third-order valence-corrected chi connectivity index (χ3v) is 5.69. The largest absolute Gasteiger partial charge is 0.316 e. The van der Waals surface area contributed by atoms with Crippen LogP contribution >= 0.6 is 0 Å². The molecule has 3 unspecified atom stereocenters. The molecule has 0 radical (unpaired) electrons. The Bertz CT molecular complexity index is 288. The minimum atomic E-state index is 0.858. The van der Waals surface area contributed by atoms with Crippen molar-refractivity contribution >= 4 is 0 Å². The molecule has 20 heavy (non-hydrogen) atoms. The monoisotopic (exact) mass is 279 g/mol. The Hall–Kier alpha value is -0.120. The van der Waals surface area contributed by atoms with E-state index in [1.165, 1.54) is 84.2 Å². The Morgan fingerprint density at radius 1 is 1.10 bits per heavy atom. The molecule has 0 saturated carbocycles. The summed E-state index contributed by atoms with van der Waals surface area (Å²) in [4.78, 5) is 5.66. The van der Waals surface area contributed by atoms with Crippen LogP contribution in [-0.2, 0) is 0 Å². The molecule has 3 heterocycles. The molecule has 3 aliphatic heterocycles. The first-order chi connectivity index (χ1) is 9.88. The molecule has 0 amide bonds. The van der Waals surface area contributed by atoms with Gasteiger partial charge in [0.05, 0.1) is 0 Å². The van der Waals surface area contributed by atoms with Gasteiger partial charge in [-0.25, -0.2) is 0 Å². The summed E-state index contributed by atoms with van der Waals surface area (Å²) < 4.78 is 0. The molecular formula is C17H33N3. The highest BCUT2D eigenvalue weighted by Gasteiger charge is 2.38. The summed E-state index contributed by atoms with van der Waals surface area (Å²) in [5.41, 5.74) is 0. The Morgan fingerprint density at radius 3 is 2.85 bits per heavy atom. The molecular weight excluding hydrogens is 246 g/mol. The predicted octanol–water partition coefficient (Wildman–Crippen LogP) is 2.32. The van der Waals surface area contributed by atoms with Crippen LogP contribution in [0.2, 0.25) is 0 Å². The summed E-state index contributed by atoms with van der Waals surface area (Å²) in [6.07, 6.45) is 9.90. The van der Waals surface area contributed by atoms with Crippen LogP contribution in [0, 0.1) is 5.92 Å². The number of nitrogens with one attached hydrogen (secondary N) is 1. The van der Waals surface area contributed by atoms with Gasteiger partial charge in [0.2, 0.25) is 0 Å². The van der Waals surface area contributed by atoms with Crippen LogP contribution in [0.15, 0.2) is 0 Å². The molecule has 3 atom stereocenters. The number of fused-ring (bicyclic) bond motifs is 1. The third kappa shape index (κ3) is 3.37. The average molecular weight is 279 g/mol. The Balaban J connectivity index is 1.60. The minimum absolute atomic E-state index is 0.858. The van der Waals surface area contributed by atoms with Crippen molar-refractivity contribution in [2.24, 2.45) is 5.92 Å². The number of hydrogen-bond donors (Lipinski definition) is 1. The second-order valence-corrected chi connectivity index (χ2v) is 7.16. The summed E-state index contributed by atoms with van der Waals surface area (Å²) >= 11 is 0. The lowest BCUT2D eigenvalue weighted by Gasteiger charge is -2.40. The van der Waals surface area contributed by atoms with Crippen LogP contribution in [0.4, 0.5) is 0 Å². The maximum atomic E-state index is 3.59. The van der Waals surface area contributed by atoms with Gasteiger partial charge in [0.1, 0.15) is 0 Å². The standard InChI is InChI=1S/C17H33N3/c1-2-10-20(14-15-6-5-9-18-13-15)17-8-12-19-11-4-3-7-16(17)19/h15-18H,2-14H2,1H3. The van der Waals surface area contributed by atoms with E-state index in [1.54, 1.807) is 0 Å². The molecule has 3 nitrogen and oxygen atoms in total. The number of nitrogens with zero attached hydrogens (tertiary/aromatic N) is 2. The molecule has 0 spiro atoms. The molecule has 3 fully saturated rings. The Kier molecular flexibility index (Phi) is 5.36. The zero-order valence-corrected chi connectivity index (χ0v) is 13.3. The highest BCUT2D eigenvalue weighted by atomic mass is 15.3. The van der Waals surface area contributed by atoms with Crippen LogP contribution in [0.5, 0.6) is 0 Å². The third-order valence-electron chi connectivity index (χ3n) is 5.69. The lowest BCUT2D eigenvalue weighted by Crippen LogP contribution is -2.50. The van der Waals surface area contributed by atoms with Gasteiger partial charge in [0, 0.05) is 25.2 Å². The van der Waals surface area contributed by atoms with E-state index in [2.05, 4.69) is 22.0 Å². The predicted molar refractivity (Wildman–Crippen MR) is 85.1 cm³/mol. The summed E-state index contributed by atoms with van der Waals surface area (Å²) in [5, 5.41) is 3.59. The minimum Gasteiger partial charge on any atom is -0.316 e. The van der Waals surface area contributed by atoms with Crippen LogP contribution < -0.4 is 5.32 Å². The van der Waals surface area contributed by atoms with Gasteiger partial charge >= 0.3 is 0 Å². The first-order valence-corrected chi connectivity index (χ1v) is 9.07. The zero-order chi connectivity index (χ0) is 13.8. The highest BCUT2D eigenvalue weighted by Crippen LogP contribution is 2.31. The van der Waals surface area contributed by atoms with Crippen LogP contribution in [0.1, 0.15) is 51.9 Å². The van der Waals surface area contributed by atoms with Crippen LogP contribution in [-0.4, -0.2) is 61.2 Å². The molecule has 0 aromatic rings. The Morgan fingerprint density at radius 2 is 2.05 bits per heavy atom. The lowest BCUT2D eigenvalue weighted by atomic mass is 9.94. The van der Waals surface area contributed by atoms with E-state index in [9.17, 15) is 0 Å². The molecule has 3 heteroatoms. The SMILES string of the molecule is CCCN(CC1CCCNC1)C1CCN2CCCCC12. The van der Waals surface area contributed by atoms with E-state index in [0.717, 1.165) is 18.0 Å². The van der Waals surface area contributed by atoms with Gasteiger partial charge in [0.25, 0.3) is 0 Å². The first-order valence-electron chi connectivity index (χ1n) is 9.07. The normalized spacial score (nSPS) is 35.4. The second-order valence-electron chi connectivity index (χ2n) is 7.16. The topological polar surface area (TPSA) is 18.5 Å². The maximum absolute atomic E-state index is 3.59. The van der Waals surface area contributed by atoms with E-state index in [0.29, 0.717) is 0 Å². The van der Waals surface area contributed by atoms with Gasteiger partial charge in [-0.3, -0.25) is 9.80 Å². The van der Waals surface area contributed by atoms with Crippen molar-refractivity contribution in [2.45, 2.75) is 64.0 Å². The zero-order valence-electron chi connectivity index (χ0n) is 13.3. The van der Waals surface area contributed by atoms with Crippen LogP contribution in [0.25, 0.3) is 0 Å². The Labute approximate surface area is 125 Å². The maximum Gasteiger partial charge on any atom is 0.0263 e. The van der Waals surface area contributed by atoms with Gasteiger partial charge in [0.15, 0.2) is 0 Å². The van der Waals surface area contributed by atoms with Crippen LogP contribution in [0.3, 0.4) is 0 Å². The lowest BCUT2D eigenvalue weighted by molar-refractivity contribution is 0.0963. The molecule has 0 aromatic carbocycles. The summed E-state index contributed by atoms with van der Waals surface area (Å²) in [7, 11) is 0. The van der Waals surface area contributed by atoms with Crippen molar-refractivity contribution in [3.05, 3.63) is 0 Å². The fourth-order valence-electron chi connectivity index (χ4n) is 4.74. The first kappa shape index (κ1) is 14.8. The van der Waals surface area contributed by atoms with Gasteiger partial charge < -0.3 is 5.32 Å². The number of piperidine rings is 2. The van der Waals surface area contributed by atoms with Crippen molar-refractivity contribution in [3.8, 4) is 0 Å². The number of hydrogen-bond acceptors (Lipinski definition) is 3. The van der Waals surface area contributed by atoms with E-state index < -0.39 is 0 Å². The summed E-state index contributed by atoms with van der Waals surface area (Å²) in [6.45, 7) is 10.2. The molecule has 0 bridgehead atoms. The molecule has 3 rings (SSSR count). The fourth-order valence-corrected chi connectivity index (χ4v) is 4.74. The molecule has 3 saturated heterocycles. The molecule has 3 aliphatic rings. The van der Waals surface area contributed by atoms with E-state index >= 15 is 0 Å². The summed E-state index contributed by atoms with van der Waals surface area (Å²) in [5.74, 6) is 0.896. The van der Waals surface area contributed by atoms with Crippen molar-refractivity contribution in [1.82, 2.24) is 15.1 Å². The van der Waals surface area contributed by atoms with Gasteiger partial charge in [-0.2, -0.15) is 0 Å². The average Bonchev–Trinajstić information content (AvgIpc) is 2.92. The second kappa shape index (κ2) is 7.24. The quantitative estimate of drug-likeness (QED) is 0.833. The summed E-state index contributed by atoms with van der Waals surface area (Å²) in [6, 6.07) is 1.74. The van der Waals surface area contributed by atoms with E-state index in [4.69, 9.17) is 0 Å². The highest BCUT2D eigenvalue weighted by molar-refractivity contribution is 4.95. The van der Waals surface area contributed by atoms with Gasteiger partial charge in [-0.15, -0.1) is 0 Å².